The van der Waals surface area contributed by atoms with Crippen molar-refractivity contribution < 1.29 is 4.74 Å². The van der Waals surface area contributed by atoms with Gasteiger partial charge >= 0.3 is 0 Å². The lowest BCUT2D eigenvalue weighted by Crippen LogP contribution is -1.96. The molecule has 1 aromatic carbocycles. The maximum Gasteiger partial charge on any atom is 0.128 e. The fraction of sp³-hybridized carbons (Fsp3) is 0.200. The highest BCUT2D eigenvalue weighted by Gasteiger charge is 2.03. The molecule has 68 valence electrons. The molecule has 0 aliphatic heterocycles. The number of benzene rings is 1. The van der Waals surface area contributed by atoms with Gasteiger partial charge in [-0.1, -0.05) is 0 Å². The summed E-state index contributed by atoms with van der Waals surface area (Å²) in [7, 11) is 1.67. The summed E-state index contributed by atoms with van der Waals surface area (Å²) in [5.74, 6) is 0.874. The third-order valence-corrected chi connectivity index (χ3v) is 2.15. The number of aromatic nitrogens is 1. The molecule has 1 heterocycles. The summed E-state index contributed by atoms with van der Waals surface area (Å²) < 4.78 is 5.25. The Bertz CT molecular complexity index is 420. The predicted molar refractivity (Wildman–Crippen MR) is 52.7 cm³/mol. The normalized spacial score (nSPS) is 10.6. The molecule has 3 heteroatoms. The Morgan fingerprint density at radius 3 is 3.00 bits per heavy atom. The van der Waals surface area contributed by atoms with E-state index in [1.165, 1.54) is 0 Å². The van der Waals surface area contributed by atoms with Crippen LogP contribution in [-0.4, -0.2) is 12.1 Å². The molecule has 0 fully saturated rings. The van der Waals surface area contributed by atoms with E-state index in [1.807, 2.05) is 24.4 Å². The zero-order chi connectivity index (χ0) is 9.26. The molecule has 0 saturated heterocycles. The summed E-state index contributed by atoms with van der Waals surface area (Å²) in [6.07, 6.45) is 1.90. The SMILES string of the molecule is COc1cc(CN)cc2[nH]ccc12. The minimum absolute atomic E-state index is 0.533. The monoisotopic (exact) mass is 176 g/mol. The van der Waals surface area contributed by atoms with Crippen molar-refractivity contribution in [1.29, 1.82) is 0 Å². The van der Waals surface area contributed by atoms with Crippen LogP contribution in [0.1, 0.15) is 5.56 Å². The van der Waals surface area contributed by atoms with Gasteiger partial charge in [0.15, 0.2) is 0 Å². The summed E-state index contributed by atoms with van der Waals surface area (Å²) in [5.41, 5.74) is 7.71. The van der Waals surface area contributed by atoms with Gasteiger partial charge in [0.1, 0.15) is 5.75 Å². The molecular weight excluding hydrogens is 164 g/mol. The van der Waals surface area contributed by atoms with Crippen LogP contribution < -0.4 is 10.5 Å². The molecule has 2 aromatic rings. The molecule has 0 aliphatic rings. The van der Waals surface area contributed by atoms with Gasteiger partial charge in [0.2, 0.25) is 0 Å². The molecule has 0 radical (unpaired) electrons. The minimum atomic E-state index is 0.533. The molecule has 0 saturated carbocycles. The fourth-order valence-electron chi connectivity index (χ4n) is 1.48. The van der Waals surface area contributed by atoms with E-state index in [-0.39, 0.29) is 0 Å². The van der Waals surface area contributed by atoms with Crippen molar-refractivity contribution in [1.82, 2.24) is 4.98 Å². The first kappa shape index (κ1) is 8.13. The molecule has 13 heavy (non-hydrogen) atoms. The first-order valence-corrected chi connectivity index (χ1v) is 4.19. The molecule has 0 bridgehead atoms. The highest BCUT2D eigenvalue weighted by Crippen LogP contribution is 2.26. The zero-order valence-electron chi connectivity index (χ0n) is 7.50. The van der Waals surface area contributed by atoms with E-state index < -0.39 is 0 Å². The smallest absolute Gasteiger partial charge is 0.128 e. The highest BCUT2D eigenvalue weighted by atomic mass is 16.5. The highest BCUT2D eigenvalue weighted by molar-refractivity contribution is 5.86. The van der Waals surface area contributed by atoms with Gasteiger partial charge in [0.25, 0.3) is 0 Å². The van der Waals surface area contributed by atoms with E-state index in [9.17, 15) is 0 Å². The van der Waals surface area contributed by atoms with Crippen molar-refractivity contribution in [2.24, 2.45) is 5.73 Å². The van der Waals surface area contributed by atoms with Crippen molar-refractivity contribution in [2.45, 2.75) is 6.54 Å². The molecule has 0 aliphatic carbocycles. The van der Waals surface area contributed by atoms with Crippen LogP contribution in [0.2, 0.25) is 0 Å². The molecule has 0 amide bonds. The van der Waals surface area contributed by atoms with Gasteiger partial charge in [0.05, 0.1) is 7.11 Å². The first-order valence-electron chi connectivity index (χ1n) is 4.19. The van der Waals surface area contributed by atoms with E-state index in [4.69, 9.17) is 10.5 Å². The number of rotatable bonds is 2. The van der Waals surface area contributed by atoms with Gasteiger partial charge in [0, 0.05) is 23.6 Å². The van der Waals surface area contributed by atoms with E-state index >= 15 is 0 Å². The number of nitrogens with one attached hydrogen (secondary N) is 1. The Morgan fingerprint density at radius 2 is 2.31 bits per heavy atom. The van der Waals surface area contributed by atoms with Gasteiger partial charge in [-0.05, 0) is 23.8 Å². The molecule has 0 atom stereocenters. The third-order valence-electron chi connectivity index (χ3n) is 2.15. The number of methoxy groups -OCH3 is 1. The largest absolute Gasteiger partial charge is 0.496 e. The lowest BCUT2D eigenvalue weighted by atomic mass is 10.1. The Hall–Kier alpha value is -1.48. The quantitative estimate of drug-likeness (QED) is 0.730. The summed E-state index contributed by atoms with van der Waals surface area (Å²) in [6, 6.07) is 6.00. The van der Waals surface area contributed by atoms with Gasteiger partial charge in [-0.2, -0.15) is 0 Å². The second kappa shape index (κ2) is 3.11. The molecular formula is C10H12N2O. The summed E-state index contributed by atoms with van der Waals surface area (Å²) in [4.78, 5) is 3.13. The number of H-pyrrole nitrogens is 1. The second-order valence-corrected chi connectivity index (χ2v) is 2.94. The van der Waals surface area contributed by atoms with E-state index in [0.29, 0.717) is 6.54 Å². The predicted octanol–water partition coefficient (Wildman–Crippen LogP) is 1.64. The third kappa shape index (κ3) is 1.27. The second-order valence-electron chi connectivity index (χ2n) is 2.94. The number of hydrogen-bond donors (Lipinski definition) is 2. The van der Waals surface area contributed by atoms with Crippen molar-refractivity contribution in [2.75, 3.05) is 7.11 Å². The van der Waals surface area contributed by atoms with Crippen molar-refractivity contribution >= 4 is 10.9 Å². The summed E-state index contributed by atoms with van der Waals surface area (Å²) in [5, 5.41) is 1.10. The Balaban J connectivity index is 2.70. The molecule has 2 rings (SSSR count). The summed E-state index contributed by atoms with van der Waals surface area (Å²) >= 11 is 0. The van der Waals surface area contributed by atoms with Crippen LogP contribution in [0.25, 0.3) is 10.9 Å². The molecule has 3 N–H and O–H groups in total. The topological polar surface area (TPSA) is 51.0 Å². The van der Waals surface area contributed by atoms with Crippen LogP contribution >= 0.6 is 0 Å². The molecule has 1 aromatic heterocycles. The molecule has 0 spiro atoms. The van der Waals surface area contributed by atoms with Gasteiger partial charge in [-0.15, -0.1) is 0 Å². The molecule has 3 nitrogen and oxygen atoms in total. The number of aromatic amines is 1. The number of ether oxygens (including phenoxy) is 1. The maximum absolute atomic E-state index is 5.56. The Labute approximate surface area is 76.5 Å². The lowest BCUT2D eigenvalue weighted by molar-refractivity contribution is 0.419. The van der Waals surface area contributed by atoms with Crippen LogP contribution in [0.15, 0.2) is 24.4 Å². The van der Waals surface area contributed by atoms with Gasteiger partial charge in [-0.3, -0.25) is 0 Å². The van der Waals surface area contributed by atoms with Crippen LogP contribution in [0.3, 0.4) is 0 Å². The Morgan fingerprint density at radius 1 is 1.46 bits per heavy atom. The van der Waals surface area contributed by atoms with Crippen molar-refractivity contribution in [3.63, 3.8) is 0 Å². The lowest BCUT2D eigenvalue weighted by Gasteiger charge is -2.04. The first-order chi connectivity index (χ1) is 6.35. The van der Waals surface area contributed by atoms with Gasteiger partial charge in [-0.25, -0.2) is 0 Å². The fourth-order valence-corrected chi connectivity index (χ4v) is 1.48. The van der Waals surface area contributed by atoms with Crippen molar-refractivity contribution in [3.8, 4) is 5.75 Å². The van der Waals surface area contributed by atoms with E-state index in [1.54, 1.807) is 7.11 Å². The van der Waals surface area contributed by atoms with Crippen LogP contribution in [0.4, 0.5) is 0 Å². The average molecular weight is 176 g/mol. The number of fused-ring (bicyclic) bond motifs is 1. The zero-order valence-corrected chi connectivity index (χ0v) is 7.50. The van der Waals surface area contributed by atoms with E-state index in [0.717, 1.165) is 22.2 Å². The van der Waals surface area contributed by atoms with Gasteiger partial charge < -0.3 is 15.5 Å². The van der Waals surface area contributed by atoms with Crippen LogP contribution in [0, 0.1) is 0 Å². The average Bonchev–Trinajstić information content (AvgIpc) is 2.63. The standard InChI is InChI=1S/C10H12N2O/c1-13-10-5-7(6-11)4-9-8(10)2-3-12-9/h2-5,12H,6,11H2,1H3. The van der Waals surface area contributed by atoms with Crippen LogP contribution in [-0.2, 0) is 6.54 Å². The van der Waals surface area contributed by atoms with Crippen LogP contribution in [0.5, 0.6) is 5.75 Å². The number of hydrogen-bond acceptors (Lipinski definition) is 2. The number of nitrogens with two attached hydrogens (primary N) is 1. The Kier molecular flexibility index (Phi) is 1.94. The molecule has 0 unspecified atom stereocenters. The summed E-state index contributed by atoms with van der Waals surface area (Å²) in [6.45, 7) is 0.533. The minimum Gasteiger partial charge on any atom is -0.496 e. The maximum atomic E-state index is 5.56. The van der Waals surface area contributed by atoms with E-state index in [2.05, 4.69) is 4.98 Å². The van der Waals surface area contributed by atoms with Crippen molar-refractivity contribution in [3.05, 3.63) is 30.0 Å².